The van der Waals surface area contributed by atoms with Crippen molar-refractivity contribution in [2.45, 2.75) is 32.9 Å². The van der Waals surface area contributed by atoms with Gasteiger partial charge in [0, 0.05) is 11.8 Å². The SMILES string of the molecule is CC(C)[C@H](NC(=O)c1ccco1)C(=O)O[C@@H](C)C(=O)Nc1ccc(F)c(F)c1. The summed E-state index contributed by atoms with van der Waals surface area (Å²) in [5.74, 6) is -4.62. The van der Waals surface area contributed by atoms with E-state index in [1.807, 2.05) is 0 Å². The lowest BCUT2D eigenvalue weighted by molar-refractivity contribution is -0.156. The van der Waals surface area contributed by atoms with E-state index in [0.29, 0.717) is 0 Å². The second-order valence-corrected chi connectivity index (χ2v) is 6.37. The molecule has 7 nitrogen and oxygen atoms in total. The Morgan fingerprint density at radius 3 is 2.36 bits per heavy atom. The van der Waals surface area contributed by atoms with Crippen molar-refractivity contribution >= 4 is 23.5 Å². The van der Waals surface area contributed by atoms with Gasteiger partial charge in [0.25, 0.3) is 11.8 Å². The van der Waals surface area contributed by atoms with Crippen molar-refractivity contribution in [2.24, 2.45) is 5.92 Å². The number of esters is 1. The fraction of sp³-hybridized carbons (Fsp3) is 0.316. The third kappa shape index (κ3) is 5.38. The van der Waals surface area contributed by atoms with Crippen LogP contribution in [0.3, 0.4) is 0 Å². The molecular formula is C19H20F2N2O5. The Morgan fingerprint density at radius 2 is 1.79 bits per heavy atom. The molecule has 2 rings (SSSR count). The summed E-state index contributed by atoms with van der Waals surface area (Å²) in [4.78, 5) is 36.6. The molecule has 0 unspecified atom stereocenters. The molecule has 1 aromatic carbocycles. The van der Waals surface area contributed by atoms with Crippen LogP contribution in [0.5, 0.6) is 0 Å². The third-order valence-corrected chi connectivity index (χ3v) is 3.80. The fourth-order valence-electron chi connectivity index (χ4n) is 2.24. The second kappa shape index (κ2) is 9.12. The van der Waals surface area contributed by atoms with Gasteiger partial charge < -0.3 is 19.8 Å². The number of amides is 2. The number of carbonyl (C=O) groups is 3. The summed E-state index contributed by atoms with van der Waals surface area (Å²) < 4.78 is 36.2. The molecule has 0 saturated carbocycles. The lowest BCUT2D eigenvalue weighted by atomic mass is 10.0. The predicted molar refractivity (Wildman–Crippen MR) is 95.3 cm³/mol. The lowest BCUT2D eigenvalue weighted by Crippen LogP contribution is -2.47. The largest absolute Gasteiger partial charge is 0.459 e. The summed E-state index contributed by atoms with van der Waals surface area (Å²) in [6.07, 6.45) is 0.0878. The predicted octanol–water partition coefficient (Wildman–Crippen LogP) is 2.88. The zero-order valence-electron chi connectivity index (χ0n) is 15.5. The molecule has 0 aliphatic heterocycles. The van der Waals surface area contributed by atoms with Crippen molar-refractivity contribution in [1.29, 1.82) is 0 Å². The van der Waals surface area contributed by atoms with Crippen molar-refractivity contribution < 1.29 is 32.3 Å². The fourth-order valence-corrected chi connectivity index (χ4v) is 2.24. The highest BCUT2D eigenvalue weighted by Crippen LogP contribution is 2.14. The van der Waals surface area contributed by atoms with Gasteiger partial charge in [-0.1, -0.05) is 13.8 Å². The van der Waals surface area contributed by atoms with Gasteiger partial charge in [-0.3, -0.25) is 9.59 Å². The number of rotatable bonds is 7. The molecule has 2 N–H and O–H groups in total. The van der Waals surface area contributed by atoms with Crippen LogP contribution < -0.4 is 10.6 Å². The molecule has 2 atom stereocenters. The molecule has 0 aliphatic carbocycles. The Balaban J connectivity index is 1.98. The first kappa shape index (κ1) is 21.1. The number of hydrogen-bond donors (Lipinski definition) is 2. The van der Waals surface area contributed by atoms with E-state index >= 15 is 0 Å². The minimum absolute atomic E-state index is 0.0123. The Bertz CT molecular complexity index is 852. The van der Waals surface area contributed by atoms with Gasteiger partial charge in [0.2, 0.25) is 0 Å². The van der Waals surface area contributed by atoms with Crippen LogP contribution in [0.2, 0.25) is 0 Å². The van der Waals surface area contributed by atoms with Crippen molar-refractivity contribution in [3.8, 4) is 0 Å². The number of carbonyl (C=O) groups excluding carboxylic acids is 3. The summed E-state index contributed by atoms with van der Waals surface area (Å²) in [5.41, 5.74) is 0.0123. The van der Waals surface area contributed by atoms with Gasteiger partial charge in [-0.15, -0.1) is 0 Å². The van der Waals surface area contributed by atoms with Crippen molar-refractivity contribution in [1.82, 2.24) is 5.32 Å². The molecular weight excluding hydrogens is 374 g/mol. The molecule has 0 spiro atoms. The topological polar surface area (TPSA) is 97.6 Å². The molecule has 1 aromatic heterocycles. The van der Waals surface area contributed by atoms with Gasteiger partial charge in [0.05, 0.1) is 6.26 Å². The molecule has 2 aromatic rings. The number of halogens is 2. The zero-order chi connectivity index (χ0) is 20.8. The highest BCUT2D eigenvalue weighted by molar-refractivity contribution is 5.97. The molecule has 0 saturated heterocycles. The van der Waals surface area contributed by atoms with E-state index in [1.165, 1.54) is 31.4 Å². The van der Waals surface area contributed by atoms with E-state index in [1.54, 1.807) is 13.8 Å². The Labute approximate surface area is 160 Å². The number of anilines is 1. The Kier molecular flexibility index (Phi) is 6.86. The first-order valence-electron chi connectivity index (χ1n) is 8.49. The van der Waals surface area contributed by atoms with Crippen LogP contribution in [-0.4, -0.2) is 29.9 Å². The van der Waals surface area contributed by atoms with E-state index in [-0.39, 0.29) is 17.4 Å². The smallest absolute Gasteiger partial charge is 0.329 e. The van der Waals surface area contributed by atoms with Crippen LogP contribution >= 0.6 is 0 Å². The van der Waals surface area contributed by atoms with Crippen molar-refractivity contribution in [3.05, 3.63) is 54.0 Å². The van der Waals surface area contributed by atoms with Gasteiger partial charge in [-0.25, -0.2) is 13.6 Å². The van der Waals surface area contributed by atoms with Crippen LogP contribution in [0.1, 0.15) is 31.3 Å². The minimum atomic E-state index is -1.23. The highest BCUT2D eigenvalue weighted by atomic mass is 19.2. The van der Waals surface area contributed by atoms with Crippen LogP contribution in [0, 0.1) is 17.6 Å². The maximum atomic E-state index is 13.2. The molecule has 0 radical (unpaired) electrons. The maximum Gasteiger partial charge on any atom is 0.329 e. The highest BCUT2D eigenvalue weighted by Gasteiger charge is 2.30. The van der Waals surface area contributed by atoms with Gasteiger partial charge >= 0.3 is 5.97 Å². The minimum Gasteiger partial charge on any atom is -0.459 e. The molecule has 0 bridgehead atoms. The van der Waals surface area contributed by atoms with E-state index in [2.05, 4.69) is 10.6 Å². The van der Waals surface area contributed by atoms with Crippen molar-refractivity contribution in [2.75, 3.05) is 5.32 Å². The van der Waals surface area contributed by atoms with E-state index in [0.717, 1.165) is 12.1 Å². The molecule has 1 heterocycles. The summed E-state index contributed by atoms with van der Waals surface area (Å²) in [7, 11) is 0. The maximum absolute atomic E-state index is 13.2. The molecule has 150 valence electrons. The van der Waals surface area contributed by atoms with E-state index < -0.39 is 41.6 Å². The normalized spacial score (nSPS) is 12.9. The second-order valence-electron chi connectivity index (χ2n) is 6.37. The third-order valence-electron chi connectivity index (χ3n) is 3.80. The number of furan rings is 1. The quantitative estimate of drug-likeness (QED) is 0.704. The number of hydrogen-bond acceptors (Lipinski definition) is 5. The van der Waals surface area contributed by atoms with Gasteiger partial charge in [0.1, 0.15) is 6.04 Å². The summed E-state index contributed by atoms with van der Waals surface area (Å²) in [5, 5.41) is 4.82. The van der Waals surface area contributed by atoms with E-state index in [4.69, 9.17) is 9.15 Å². The van der Waals surface area contributed by atoms with Crippen LogP contribution in [0.4, 0.5) is 14.5 Å². The summed E-state index contributed by atoms with van der Waals surface area (Å²) in [6.45, 7) is 4.71. The number of ether oxygens (including phenoxy) is 1. The number of benzene rings is 1. The number of nitrogens with one attached hydrogen (secondary N) is 2. The average Bonchev–Trinajstić information content (AvgIpc) is 3.16. The van der Waals surface area contributed by atoms with Crippen molar-refractivity contribution in [3.63, 3.8) is 0 Å². The van der Waals surface area contributed by atoms with Crippen LogP contribution in [-0.2, 0) is 14.3 Å². The standard InChI is InChI=1S/C19H20F2N2O5/c1-10(2)16(23-18(25)15-5-4-8-27-15)19(26)28-11(3)17(24)22-12-6-7-13(20)14(21)9-12/h4-11,16H,1-3H3,(H,22,24)(H,23,25)/t11-,16-/m0/s1. The van der Waals surface area contributed by atoms with Crippen LogP contribution in [0.25, 0.3) is 0 Å². The van der Waals surface area contributed by atoms with Crippen LogP contribution in [0.15, 0.2) is 41.0 Å². The Morgan fingerprint density at radius 1 is 1.07 bits per heavy atom. The molecule has 0 aliphatic rings. The first-order valence-corrected chi connectivity index (χ1v) is 8.49. The first-order chi connectivity index (χ1) is 13.2. The van der Waals surface area contributed by atoms with Gasteiger partial charge in [0.15, 0.2) is 23.5 Å². The Hall–Kier alpha value is -3.23. The monoisotopic (exact) mass is 394 g/mol. The summed E-state index contributed by atoms with van der Waals surface area (Å²) in [6, 6.07) is 4.79. The van der Waals surface area contributed by atoms with Gasteiger partial charge in [-0.05, 0) is 37.1 Å². The summed E-state index contributed by atoms with van der Waals surface area (Å²) >= 11 is 0. The molecule has 2 amide bonds. The van der Waals surface area contributed by atoms with Gasteiger partial charge in [-0.2, -0.15) is 0 Å². The molecule has 0 fully saturated rings. The zero-order valence-corrected chi connectivity index (χ0v) is 15.5. The molecule has 9 heteroatoms. The molecule has 28 heavy (non-hydrogen) atoms. The average molecular weight is 394 g/mol. The van der Waals surface area contributed by atoms with E-state index in [9.17, 15) is 23.2 Å². The lowest BCUT2D eigenvalue weighted by Gasteiger charge is -2.22.